The van der Waals surface area contributed by atoms with Gasteiger partial charge in [-0.1, -0.05) is 12.1 Å². The molecule has 1 heterocycles. The van der Waals surface area contributed by atoms with Crippen molar-refractivity contribution < 1.29 is 14.3 Å². The number of nitrogens with one attached hydrogen (secondary N) is 1. The summed E-state index contributed by atoms with van der Waals surface area (Å²) in [6, 6.07) is 7.27. The second-order valence-electron chi connectivity index (χ2n) is 5.08. The smallest absolute Gasteiger partial charge is 0.312 e. The maximum Gasteiger partial charge on any atom is 0.312 e. The van der Waals surface area contributed by atoms with E-state index in [1.165, 1.54) is 0 Å². The van der Waals surface area contributed by atoms with Crippen LogP contribution in [0.3, 0.4) is 0 Å². The molecular weight excluding hydrogens is 284 g/mol. The van der Waals surface area contributed by atoms with E-state index < -0.39 is 6.03 Å². The van der Waals surface area contributed by atoms with Gasteiger partial charge < -0.3 is 25.6 Å². The molecule has 0 saturated carbocycles. The number of para-hydroxylation sites is 2. The average molecular weight is 306 g/mol. The molecule has 120 valence electrons. The fourth-order valence-corrected chi connectivity index (χ4v) is 2.54. The fraction of sp³-hybridized carbons (Fsp3) is 0.467. The number of nitrogens with zero attached hydrogens (tertiary/aromatic N) is 2. The summed E-state index contributed by atoms with van der Waals surface area (Å²) in [4.78, 5) is 26.6. The number of piperazine rings is 1. The molecule has 7 heteroatoms. The molecule has 22 heavy (non-hydrogen) atoms. The molecule has 0 aromatic heterocycles. The lowest BCUT2D eigenvalue weighted by Gasteiger charge is -2.36. The highest BCUT2D eigenvalue weighted by Gasteiger charge is 2.22. The number of anilines is 1. The molecule has 1 saturated heterocycles. The van der Waals surface area contributed by atoms with Crippen molar-refractivity contribution in [2.24, 2.45) is 5.73 Å². The zero-order valence-corrected chi connectivity index (χ0v) is 12.7. The van der Waals surface area contributed by atoms with E-state index in [0.29, 0.717) is 13.1 Å². The van der Waals surface area contributed by atoms with Gasteiger partial charge in [-0.05, 0) is 12.1 Å². The normalized spacial score (nSPS) is 14.6. The lowest BCUT2D eigenvalue weighted by atomic mass is 10.2. The SMILES string of the molecule is COc1ccccc1N1CCN(C(=O)CCNC(N)=O)CC1. The molecule has 1 fully saturated rings. The number of amides is 3. The molecule has 7 nitrogen and oxygen atoms in total. The van der Waals surface area contributed by atoms with E-state index in [1.54, 1.807) is 7.11 Å². The van der Waals surface area contributed by atoms with Crippen molar-refractivity contribution in [3.63, 3.8) is 0 Å². The highest BCUT2D eigenvalue weighted by atomic mass is 16.5. The first-order valence-corrected chi connectivity index (χ1v) is 7.31. The highest BCUT2D eigenvalue weighted by Crippen LogP contribution is 2.28. The van der Waals surface area contributed by atoms with Gasteiger partial charge in [0.1, 0.15) is 5.75 Å². The molecule has 0 unspecified atom stereocenters. The van der Waals surface area contributed by atoms with Crippen LogP contribution in [0.1, 0.15) is 6.42 Å². The van der Waals surface area contributed by atoms with Crippen LogP contribution >= 0.6 is 0 Å². The zero-order valence-electron chi connectivity index (χ0n) is 12.7. The molecule has 2 rings (SSSR count). The van der Waals surface area contributed by atoms with Crippen molar-refractivity contribution in [3.05, 3.63) is 24.3 Å². The Bertz CT molecular complexity index is 527. The topological polar surface area (TPSA) is 87.9 Å². The van der Waals surface area contributed by atoms with Gasteiger partial charge in [0.2, 0.25) is 5.91 Å². The molecule has 0 bridgehead atoms. The second kappa shape index (κ2) is 7.53. The van der Waals surface area contributed by atoms with E-state index in [1.807, 2.05) is 29.2 Å². The van der Waals surface area contributed by atoms with Gasteiger partial charge in [-0.15, -0.1) is 0 Å². The number of rotatable bonds is 5. The molecule has 1 aliphatic rings. The van der Waals surface area contributed by atoms with Crippen LogP contribution in [-0.4, -0.2) is 56.7 Å². The van der Waals surface area contributed by atoms with Gasteiger partial charge in [-0.25, -0.2) is 4.79 Å². The van der Waals surface area contributed by atoms with Crippen molar-refractivity contribution in [2.75, 3.05) is 44.7 Å². The molecule has 1 aromatic carbocycles. The van der Waals surface area contributed by atoms with E-state index in [-0.39, 0.29) is 18.9 Å². The van der Waals surface area contributed by atoms with Crippen LogP contribution in [0.15, 0.2) is 24.3 Å². The van der Waals surface area contributed by atoms with Gasteiger partial charge in [0, 0.05) is 39.1 Å². The zero-order chi connectivity index (χ0) is 15.9. The van der Waals surface area contributed by atoms with Crippen LogP contribution < -0.4 is 20.7 Å². The molecule has 1 aromatic rings. The van der Waals surface area contributed by atoms with Crippen molar-refractivity contribution >= 4 is 17.6 Å². The van der Waals surface area contributed by atoms with E-state index >= 15 is 0 Å². The maximum atomic E-state index is 12.0. The minimum Gasteiger partial charge on any atom is -0.495 e. The van der Waals surface area contributed by atoms with Gasteiger partial charge in [-0.3, -0.25) is 4.79 Å². The van der Waals surface area contributed by atoms with Crippen molar-refractivity contribution in [1.82, 2.24) is 10.2 Å². The highest BCUT2D eigenvalue weighted by molar-refractivity contribution is 5.78. The molecule has 0 radical (unpaired) electrons. The quantitative estimate of drug-likeness (QED) is 0.824. The summed E-state index contributed by atoms with van der Waals surface area (Å²) in [5.74, 6) is 0.876. The summed E-state index contributed by atoms with van der Waals surface area (Å²) in [5.41, 5.74) is 6.02. The predicted molar refractivity (Wildman–Crippen MR) is 84.0 cm³/mol. The van der Waals surface area contributed by atoms with Crippen LogP contribution in [0.25, 0.3) is 0 Å². The van der Waals surface area contributed by atoms with E-state index in [4.69, 9.17) is 10.5 Å². The Morgan fingerprint density at radius 3 is 2.55 bits per heavy atom. The first kappa shape index (κ1) is 15.9. The number of nitrogens with two attached hydrogens (primary N) is 1. The standard InChI is InChI=1S/C15H22N4O3/c1-22-13-5-3-2-4-12(13)18-8-10-19(11-9-18)14(20)6-7-17-15(16)21/h2-5H,6-11H2,1H3,(H3,16,17,21). The Labute approximate surface area is 130 Å². The Kier molecular flexibility index (Phi) is 5.46. The van der Waals surface area contributed by atoms with Crippen LogP contribution in [0.5, 0.6) is 5.75 Å². The largest absolute Gasteiger partial charge is 0.495 e. The van der Waals surface area contributed by atoms with E-state index in [9.17, 15) is 9.59 Å². The van der Waals surface area contributed by atoms with Gasteiger partial charge in [0.25, 0.3) is 0 Å². The number of carbonyl (C=O) groups excluding carboxylic acids is 2. The Morgan fingerprint density at radius 1 is 1.23 bits per heavy atom. The number of benzene rings is 1. The third-order valence-electron chi connectivity index (χ3n) is 3.70. The fourth-order valence-electron chi connectivity index (χ4n) is 2.54. The van der Waals surface area contributed by atoms with Gasteiger partial charge in [-0.2, -0.15) is 0 Å². The Hall–Kier alpha value is -2.44. The van der Waals surface area contributed by atoms with Gasteiger partial charge in [0.15, 0.2) is 0 Å². The predicted octanol–water partition coefficient (Wildman–Crippen LogP) is 0.402. The van der Waals surface area contributed by atoms with Gasteiger partial charge in [0.05, 0.1) is 12.8 Å². The minimum absolute atomic E-state index is 0.0356. The number of urea groups is 1. The molecule has 0 atom stereocenters. The number of hydrogen-bond acceptors (Lipinski definition) is 4. The van der Waals surface area contributed by atoms with Crippen LogP contribution in [0.2, 0.25) is 0 Å². The van der Waals surface area contributed by atoms with E-state index in [0.717, 1.165) is 24.5 Å². The van der Waals surface area contributed by atoms with Crippen LogP contribution in [0, 0.1) is 0 Å². The molecular formula is C15H22N4O3. The van der Waals surface area contributed by atoms with Crippen molar-refractivity contribution in [1.29, 1.82) is 0 Å². The molecule has 0 spiro atoms. The molecule has 1 aliphatic heterocycles. The van der Waals surface area contributed by atoms with Crippen LogP contribution in [-0.2, 0) is 4.79 Å². The number of ether oxygens (including phenoxy) is 1. The summed E-state index contributed by atoms with van der Waals surface area (Å²) in [6.45, 7) is 3.12. The third kappa shape index (κ3) is 4.03. The minimum atomic E-state index is -0.603. The number of hydrogen-bond donors (Lipinski definition) is 2. The van der Waals surface area contributed by atoms with Crippen LogP contribution in [0.4, 0.5) is 10.5 Å². The second-order valence-corrected chi connectivity index (χ2v) is 5.08. The molecule has 3 amide bonds. The van der Waals surface area contributed by atoms with E-state index in [2.05, 4.69) is 10.2 Å². The number of carbonyl (C=O) groups is 2. The lowest BCUT2D eigenvalue weighted by molar-refractivity contribution is -0.131. The summed E-state index contributed by atoms with van der Waals surface area (Å²) < 4.78 is 5.37. The lowest BCUT2D eigenvalue weighted by Crippen LogP contribution is -2.49. The molecule has 0 aliphatic carbocycles. The summed E-state index contributed by atoms with van der Waals surface area (Å²) >= 11 is 0. The Balaban J connectivity index is 1.85. The number of methoxy groups -OCH3 is 1. The summed E-state index contributed by atoms with van der Waals surface area (Å²) in [7, 11) is 1.66. The number of primary amides is 1. The average Bonchev–Trinajstić information content (AvgIpc) is 2.54. The van der Waals surface area contributed by atoms with Crippen molar-refractivity contribution in [2.45, 2.75) is 6.42 Å². The Morgan fingerprint density at radius 2 is 1.91 bits per heavy atom. The monoisotopic (exact) mass is 306 g/mol. The molecule has 3 N–H and O–H groups in total. The maximum absolute atomic E-state index is 12.0. The van der Waals surface area contributed by atoms with Gasteiger partial charge >= 0.3 is 6.03 Å². The third-order valence-corrected chi connectivity index (χ3v) is 3.70. The summed E-state index contributed by atoms with van der Waals surface area (Å²) in [6.07, 6.45) is 0.275. The van der Waals surface area contributed by atoms with Crippen molar-refractivity contribution in [3.8, 4) is 5.75 Å². The first-order valence-electron chi connectivity index (χ1n) is 7.31. The summed E-state index contributed by atoms with van der Waals surface area (Å²) in [5, 5.41) is 2.43. The first-order chi connectivity index (χ1) is 10.6.